The number of nitrogens with one attached hydrogen (secondary N) is 1. The van der Waals surface area contributed by atoms with E-state index in [4.69, 9.17) is 4.74 Å². The van der Waals surface area contributed by atoms with Gasteiger partial charge in [0.25, 0.3) is 0 Å². The van der Waals surface area contributed by atoms with Crippen molar-refractivity contribution in [3.63, 3.8) is 0 Å². The van der Waals surface area contributed by atoms with Crippen molar-refractivity contribution in [2.24, 2.45) is 0 Å². The minimum atomic E-state index is -4.40. The summed E-state index contributed by atoms with van der Waals surface area (Å²) >= 11 is 0. The molecule has 1 atom stereocenters. The quantitative estimate of drug-likeness (QED) is 0.875. The summed E-state index contributed by atoms with van der Waals surface area (Å²) in [7, 11) is 1.54. The van der Waals surface area contributed by atoms with Crippen LogP contribution in [0.2, 0.25) is 0 Å². The highest BCUT2D eigenvalue weighted by Crippen LogP contribution is 2.35. The summed E-state index contributed by atoms with van der Waals surface area (Å²) in [6.07, 6.45) is -0.987. The van der Waals surface area contributed by atoms with Crippen LogP contribution in [0.4, 0.5) is 19.0 Å². The summed E-state index contributed by atoms with van der Waals surface area (Å²) in [5.74, 6) is -0.0178. The predicted octanol–water partition coefficient (Wildman–Crippen LogP) is 2.31. The molecule has 1 fully saturated rings. The van der Waals surface area contributed by atoms with Crippen molar-refractivity contribution in [3.8, 4) is 0 Å². The van der Waals surface area contributed by atoms with Crippen LogP contribution in [0.5, 0.6) is 0 Å². The Bertz CT molecular complexity index is 447. The summed E-state index contributed by atoms with van der Waals surface area (Å²) in [5, 5.41) is 3.30. The summed E-state index contributed by atoms with van der Waals surface area (Å²) in [6.45, 7) is 2.16. The van der Waals surface area contributed by atoms with Crippen molar-refractivity contribution in [1.82, 2.24) is 10.3 Å². The van der Waals surface area contributed by atoms with Crippen LogP contribution in [-0.4, -0.2) is 44.4 Å². The summed E-state index contributed by atoms with van der Waals surface area (Å²) in [6, 6.07) is 2.59. The first-order valence-corrected chi connectivity index (χ1v) is 7.02. The van der Waals surface area contributed by atoms with Gasteiger partial charge in [-0.1, -0.05) is 0 Å². The number of rotatable bonds is 6. The zero-order valence-corrected chi connectivity index (χ0v) is 12.0. The number of methoxy groups -OCH3 is 1. The molecule has 1 aromatic rings. The van der Waals surface area contributed by atoms with Gasteiger partial charge < -0.3 is 15.0 Å². The first kappa shape index (κ1) is 16.0. The molecule has 0 spiro atoms. The third-order valence-electron chi connectivity index (χ3n) is 3.56. The first-order valence-electron chi connectivity index (χ1n) is 7.02. The molecule has 21 heavy (non-hydrogen) atoms. The average Bonchev–Trinajstić information content (AvgIpc) is 2.95. The Kier molecular flexibility index (Phi) is 5.41. The topological polar surface area (TPSA) is 37.4 Å². The zero-order chi connectivity index (χ0) is 15.3. The van der Waals surface area contributed by atoms with E-state index in [-0.39, 0.29) is 11.9 Å². The van der Waals surface area contributed by atoms with Crippen molar-refractivity contribution < 1.29 is 17.9 Å². The fourth-order valence-electron chi connectivity index (χ4n) is 2.53. The highest BCUT2D eigenvalue weighted by atomic mass is 19.4. The minimum Gasteiger partial charge on any atom is -0.383 e. The molecule has 0 bridgehead atoms. The Morgan fingerprint density at radius 2 is 2.29 bits per heavy atom. The van der Waals surface area contributed by atoms with Gasteiger partial charge in [-0.3, -0.25) is 0 Å². The molecule has 2 rings (SSSR count). The smallest absolute Gasteiger partial charge is 0.383 e. The van der Waals surface area contributed by atoms with Gasteiger partial charge in [0, 0.05) is 32.4 Å². The standard InChI is InChI=1S/C14H20F3N3O/c1-21-9-8-20(10-11-4-2-6-18-11)13-12(14(15,16)17)5-3-7-19-13/h3,5,7,11,18H,2,4,6,8-10H2,1H3. The molecule has 0 aromatic carbocycles. The first-order chi connectivity index (χ1) is 10.0. The number of hydrogen-bond donors (Lipinski definition) is 1. The zero-order valence-electron chi connectivity index (χ0n) is 12.0. The summed E-state index contributed by atoms with van der Waals surface area (Å²) in [5.41, 5.74) is -0.695. The predicted molar refractivity (Wildman–Crippen MR) is 74.4 cm³/mol. The van der Waals surface area contributed by atoms with Crippen molar-refractivity contribution in [2.45, 2.75) is 25.1 Å². The third-order valence-corrected chi connectivity index (χ3v) is 3.56. The Morgan fingerprint density at radius 1 is 1.48 bits per heavy atom. The van der Waals surface area contributed by atoms with Gasteiger partial charge >= 0.3 is 6.18 Å². The maximum atomic E-state index is 13.1. The van der Waals surface area contributed by atoms with Gasteiger partial charge in [-0.05, 0) is 31.5 Å². The molecule has 0 aliphatic carbocycles. The fourth-order valence-corrected chi connectivity index (χ4v) is 2.53. The highest BCUT2D eigenvalue weighted by molar-refractivity contribution is 5.48. The van der Waals surface area contributed by atoms with Crippen molar-refractivity contribution in [3.05, 3.63) is 23.9 Å². The van der Waals surface area contributed by atoms with Crippen LogP contribution in [0.3, 0.4) is 0 Å². The molecule has 1 aliphatic heterocycles. The molecule has 0 radical (unpaired) electrons. The van der Waals surface area contributed by atoms with Gasteiger partial charge in [0.05, 0.1) is 12.2 Å². The van der Waals surface area contributed by atoms with Crippen LogP contribution in [-0.2, 0) is 10.9 Å². The van der Waals surface area contributed by atoms with E-state index in [1.54, 1.807) is 4.90 Å². The second-order valence-electron chi connectivity index (χ2n) is 5.10. The van der Waals surface area contributed by atoms with Gasteiger partial charge in [0.15, 0.2) is 0 Å². The number of ether oxygens (including phenoxy) is 1. The summed E-state index contributed by atoms with van der Waals surface area (Å²) < 4.78 is 44.4. The molecule has 4 nitrogen and oxygen atoms in total. The molecule has 1 N–H and O–H groups in total. The molecule has 0 saturated carbocycles. The van der Waals surface area contributed by atoms with E-state index in [2.05, 4.69) is 10.3 Å². The van der Waals surface area contributed by atoms with Gasteiger partial charge in [-0.25, -0.2) is 4.98 Å². The maximum Gasteiger partial charge on any atom is 0.419 e. The molecule has 1 aromatic heterocycles. The number of alkyl halides is 3. The van der Waals surface area contributed by atoms with Crippen LogP contribution >= 0.6 is 0 Å². The van der Waals surface area contributed by atoms with Crippen molar-refractivity contribution in [2.75, 3.05) is 38.3 Å². The molecule has 2 heterocycles. The van der Waals surface area contributed by atoms with E-state index in [0.717, 1.165) is 25.5 Å². The molecule has 1 saturated heterocycles. The number of halogens is 3. The third kappa shape index (κ3) is 4.31. The van der Waals surface area contributed by atoms with E-state index in [1.807, 2.05) is 0 Å². The van der Waals surface area contributed by atoms with Crippen molar-refractivity contribution >= 4 is 5.82 Å². The number of pyridine rings is 1. The highest BCUT2D eigenvalue weighted by Gasteiger charge is 2.36. The molecular weight excluding hydrogens is 283 g/mol. The van der Waals surface area contributed by atoms with Crippen LogP contribution in [0, 0.1) is 0 Å². The van der Waals surface area contributed by atoms with E-state index in [1.165, 1.54) is 19.4 Å². The number of aromatic nitrogens is 1. The maximum absolute atomic E-state index is 13.1. The van der Waals surface area contributed by atoms with E-state index >= 15 is 0 Å². The van der Waals surface area contributed by atoms with Crippen LogP contribution < -0.4 is 10.2 Å². The van der Waals surface area contributed by atoms with E-state index < -0.39 is 11.7 Å². The number of hydrogen-bond acceptors (Lipinski definition) is 4. The van der Waals surface area contributed by atoms with Crippen LogP contribution in [0.1, 0.15) is 18.4 Å². The Balaban J connectivity index is 2.22. The molecule has 1 unspecified atom stereocenters. The molecule has 118 valence electrons. The average molecular weight is 303 g/mol. The SMILES string of the molecule is COCCN(CC1CCCN1)c1ncccc1C(F)(F)F. The Morgan fingerprint density at radius 3 is 2.90 bits per heavy atom. The summed E-state index contributed by atoms with van der Waals surface area (Å²) in [4.78, 5) is 5.63. The molecular formula is C14H20F3N3O. The molecule has 1 aliphatic rings. The number of nitrogens with zero attached hydrogens (tertiary/aromatic N) is 2. The molecule has 0 amide bonds. The second kappa shape index (κ2) is 7.09. The minimum absolute atomic E-state index is 0.0178. The van der Waals surface area contributed by atoms with E-state index in [0.29, 0.717) is 19.7 Å². The van der Waals surface area contributed by atoms with Gasteiger partial charge in [-0.15, -0.1) is 0 Å². The number of anilines is 1. The van der Waals surface area contributed by atoms with E-state index in [9.17, 15) is 13.2 Å². The normalized spacial score (nSPS) is 19.0. The second-order valence-corrected chi connectivity index (χ2v) is 5.10. The largest absolute Gasteiger partial charge is 0.419 e. The van der Waals surface area contributed by atoms with Gasteiger partial charge in [-0.2, -0.15) is 13.2 Å². The lowest BCUT2D eigenvalue weighted by molar-refractivity contribution is -0.137. The lowest BCUT2D eigenvalue weighted by Gasteiger charge is -2.28. The van der Waals surface area contributed by atoms with Gasteiger partial charge in [0.1, 0.15) is 5.82 Å². The monoisotopic (exact) mass is 303 g/mol. The van der Waals surface area contributed by atoms with Gasteiger partial charge in [0.2, 0.25) is 0 Å². The Hall–Kier alpha value is -1.34. The van der Waals surface area contributed by atoms with Crippen LogP contribution in [0.25, 0.3) is 0 Å². The molecule has 7 heteroatoms. The Labute approximate surface area is 122 Å². The lowest BCUT2D eigenvalue weighted by atomic mass is 10.2. The van der Waals surface area contributed by atoms with Crippen molar-refractivity contribution in [1.29, 1.82) is 0 Å². The lowest BCUT2D eigenvalue weighted by Crippen LogP contribution is -2.40. The fraction of sp³-hybridized carbons (Fsp3) is 0.643. The van der Waals surface area contributed by atoms with Crippen LogP contribution in [0.15, 0.2) is 18.3 Å².